The van der Waals surface area contributed by atoms with Gasteiger partial charge in [-0.3, -0.25) is 0 Å². The topological polar surface area (TPSA) is 38.0 Å². The molecule has 0 radical (unpaired) electrons. The van der Waals surface area contributed by atoms with Crippen LogP contribution in [-0.4, -0.2) is 25.3 Å². The normalized spacial score (nSPS) is 40.5. The van der Waals surface area contributed by atoms with E-state index in [1.807, 2.05) is 0 Å². The van der Waals surface area contributed by atoms with Crippen molar-refractivity contribution in [2.45, 2.75) is 37.9 Å². The van der Waals surface area contributed by atoms with Crippen molar-refractivity contribution >= 4 is 0 Å². The summed E-state index contributed by atoms with van der Waals surface area (Å²) in [6, 6.07) is 0.106. The second kappa shape index (κ2) is 2.96. The number of hydrogen-bond donors (Lipinski definition) is 2. The number of hydrogen-bond acceptors (Lipinski definition) is 2. The van der Waals surface area contributed by atoms with Gasteiger partial charge in [-0.15, -0.1) is 0 Å². The summed E-state index contributed by atoms with van der Waals surface area (Å²) in [7, 11) is 0. The van der Waals surface area contributed by atoms with Crippen LogP contribution in [0.25, 0.3) is 0 Å². The molecule has 0 aromatic carbocycles. The van der Waals surface area contributed by atoms with Gasteiger partial charge in [0, 0.05) is 6.04 Å². The van der Waals surface area contributed by atoms with Gasteiger partial charge >= 0.3 is 0 Å². The average molecular weight is 172 g/mol. The molecule has 1 spiro atoms. The molecular formula is C9H17FN2. The van der Waals surface area contributed by atoms with Crippen LogP contribution in [0.3, 0.4) is 0 Å². The summed E-state index contributed by atoms with van der Waals surface area (Å²) in [5.41, 5.74) is 6.11. The highest BCUT2D eigenvalue weighted by atomic mass is 19.1. The maximum atomic E-state index is 13.1. The largest absolute Gasteiger partial charge is 0.327 e. The summed E-state index contributed by atoms with van der Waals surface area (Å²) >= 11 is 0. The summed E-state index contributed by atoms with van der Waals surface area (Å²) in [5, 5.41) is 3.29. The molecule has 0 bridgehead atoms. The molecule has 2 atom stereocenters. The molecule has 2 fully saturated rings. The van der Waals surface area contributed by atoms with Gasteiger partial charge in [-0.2, -0.15) is 0 Å². The number of alkyl halides is 1. The van der Waals surface area contributed by atoms with Crippen LogP contribution in [0.4, 0.5) is 4.39 Å². The minimum absolute atomic E-state index is 0.106. The molecule has 1 aliphatic carbocycles. The predicted molar refractivity (Wildman–Crippen MR) is 46.6 cm³/mol. The van der Waals surface area contributed by atoms with E-state index in [-0.39, 0.29) is 11.5 Å². The summed E-state index contributed by atoms with van der Waals surface area (Å²) < 4.78 is 13.1. The van der Waals surface area contributed by atoms with Gasteiger partial charge in [-0.25, -0.2) is 4.39 Å². The zero-order valence-corrected chi connectivity index (χ0v) is 7.35. The Labute approximate surface area is 72.7 Å². The van der Waals surface area contributed by atoms with E-state index in [1.165, 1.54) is 0 Å². The Hall–Kier alpha value is -0.150. The van der Waals surface area contributed by atoms with Gasteiger partial charge in [-0.1, -0.05) is 0 Å². The number of rotatable bonds is 0. The van der Waals surface area contributed by atoms with E-state index in [1.54, 1.807) is 0 Å². The van der Waals surface area contributed by atoms with Crippen LogP contribution < -0.4 is 11.1 Å². The highest BCUT2D eigenvalue weighted by molar-refractivity contribution is 5.00. The minimum atomic E-state index is -0.641. The van der Waals surface area contributed by atoms with Crippen LogP contribution in [0.1, 0.15) is 25.7 Å². The molecule has 12 heavy (non-hydrogen) atoms. The first kappa shape index (κ1) is 8.45. The van der Waals surface area contributed by atoms with Gasteiger partial charge in [0.05, 0.1) is 0 Å². The third-order valence-electron chi connectivity index (χ3n) is 3.52. The van der Waals surface area contributed by atoms with Gasteiger partial charge in [0.1, 0.15) is 6.17 Å². The average Bonchev–Trinajstić information content (AvgIpc) is 2.29. The Morgan fingerprint density at radius 1 is 1.33 bits per heavy atom. The molecule has 0 aromatic heterocycles. The van der Waals surface area contributed by atoms with Gasteiger partial charge in [0.25, 0.3) is 0 Å². The van der Waals surface area contributed by atoms with Crippen molar-refractivity contribution in [1.29, 1.82) is 0 Å². The van der Waals surface area contributed by atoms with Gasteiger partial charge in [0.2, 0.25) is 0 Å². The number of nitrogens with two attached hydrogens (primary N) is 1. The lowest BCUT2D eigenvalue weighted by molar-refractivity contribution is 0.171. The summed E-state index contributed by atoms with van der Waals surface area (Å²) in [6.45, 7) is 2.03. The highest BCUT2D eigenvalue weighted by Crippen LogP contribution is 2.45. The summed E-state index contributed by atoms with van der Waals surface area (Å²) in [6.07, 6.45) is 2.78. The molecule has 70 valence electrons. The van der Waals surface area contributed by atoms with Crippen molar-refractivity contribution in [3.8, 4) is 0 Å². The number of halogens is 1. The van der Waals surface area contributed by atoms with E-state index in [4.69, 9.17) is 5.73 Å². The third-order valence-corrected chi connectivity index (χ3v) is 3.52. The molecule has 2 nitrogen and oxygen atoms in total. The van der Waals surface area contributed by atoms with Crippen LogP contribution in [0, 0.1) is 5.41 Å². The van der Waals surface area contributed by atoms with E-state index >= 15 is 0 Å². The smallest absolute Gasteiger partial charge is 0.102 e. The van der Waals surface area contributed by atoms with Crippen LogP contribution in [0.5, 0.6) is 0 Å². The molecule has 0 amide bonds. The van der Waals surface area contributed by atoms with Crippen molar-refractivity contribution in [2.24, 2.45) is 11.1 Å². The Morgan fingerprint density at radius 2 is 2.00 bits per heavy atom. The van der Waals surface area contributed by atoms with Gasteiger partial charge in [-0.05, 0) is 44.2 Å². The van der Waals surface area contributed by atoms with E-state index in [0.717, 1.165) is 25.9 Å². The number of piperidine rings is 1. The Kier molecular flexibility index (Phi) is 2.09. The van der Waals surface area contributed by atoms with Crippen LogP contribution in [0.2, 0.25) is 0 Å². The zero-order chi connectivity index (χ0) is 8.60. The van der Waals surface area contributed by atoms with Crippen LogP contribution in [0.15, 0.2) is 0 Å². The zero-order valence-electron chi connectivity index (χ0n) is 7.35. The Bertz CT molecular complexity index is 166. The first-order chi connectivity index (χ1) is 5.73. The molecule has 1 aliphatic heterocycles. The van der Waals surface area contributed by atoms with Gasteiger partial charge < -0.3 is 11.1 Å². The molecule has 2 rings (SSSR count). The fourth-order valence-corrected chi connectivity index (χ4v) is 2.70. The van der Waals surface area contributed by atoms with Crippen molar-refractivity contribution in [2.75, 3.05) is 13.1 Å². The molecule has 1 heterocycles. The lowest BCUT2D eigenvalue weighted by Crippen LogP contribution is -2.45. The molecule has 0 aromatic rings. The van der Waals surface area contributed by atoms with Crippen molar-refractivity contribution in [1.82, 2.24) is 5.32 Å². The molecule has 3 heteroatoms. The Balaban J connectivity index is 2.08. The monoisotopic (exact) mass is 172 g/mol. The maximum Gasteiger partial charge on any atom is 0.102 e. The van der Waals surface area contributed by atoms with E-state index < -0.39 is 6.17 Å². The van der Waals surface area contributed by atoms with E-state index in [9.17, 15) is 4.39 Å². The fraction of sp³-hybridized carbons (Fsp3) is 1.00. The number of nitrogens with one attached hydrogen (secondary N) is 1. The minimum Gasteiger partial charge on any atom is -0.327 e. The molecule has 0 unspecified atom stereocenters. The third kappa shape index (κ3) is 1.25. The van der Waals surface area contributed by atoms with Crippen molar-refractivity contribution in [3.05, 3.63) is 0 Å². The lowest BCUT2D eigenvalue weighted by Gasteiger charge is -2.37. The first-order valence-corrected chi connectivity index (χ1v) is 4.83. The second-order valence-electron chi connectivity index (χ2n) is 4.26. The highest BCUT2D eigenvalue weighted by Gasteiger charge is 2.45. The SMILES string of the molecule is N[C@@H]1C[C@H](F)CC12CCNCC2. The second-order valence-corrected chi connectivity index (χ2v) is 4.26. The fourth-order valence-electron chi connectivity index (χ4n) is 2.70. The van der Waals surface area contributed by atoms with Crippen molar-refractivity contribution in [3.63, 3.8) is 0 Å². The molecule has 3 N–H and O–H groups in total. The summed E-state index contributed by atoms with van der Waals surface area (Å²) in [5.74, 6) is 0. The maximum absolute atomic E-state index is 13.1. The molecule has 1 saturated heterocycles. The first-order valence-electron chi connectivity index (χ1n) is 4.83. The van der Waals surface area contributed by atoms with Crippen LogP contribution >= 0.6 is 0 Å². The summed E-state index contributed by atoms with van der Waals surface area (Å²) in [4.78, 5) is 0. The van der Waals surface area contributed by atoms with E-state index in [0.29, 0.717) is 12.8 Å². The van der Waals surface area contributed by atoms with Gasteiger partial charge in [0.15, 0.2) is 0 Å². The molecular weight excluding hydrogens is 155 g/mol. The Morgan fingerprint density at radius 3 is 2.50 bits per heavy atom. The molecule has 1 saturated carbocycles. The van der Waals surface area contributed by atoms with Crippen molar-refractivity contribution < 1.29 is 4.39 Å². The quantitative estimate of drug-likeness (QED) is 0.567. The molecule has 2 aliphatic rings. The lowest BCUT2D eigenvalue weighted by atomic mass is 9.75. The van der Waals surface area contributed by atoms with Crippen LogP contribution in [-0.2, 0) is 0 Å². The predicted octanol–water partition coefficient (Wildman–Crippen LogP) is 0.815. The van der Waals surface area contributed by atoms with E-state index in [2.05, 4.69) is 5.32 Å². The standard InChI is InChI=1S/C9H17FN2/c10-7-5-8(11)9(6-7)1-3-12-4-2-9/h7-8,12H,1-6,11H2/t7-,8+/m0/s1.